The summed E-state index contributed by atoms with van der Waals surface area (Å²) in [6, 6.07) is 0. The molecule has 2 atom stereocenters. The van der Waals surface area contributed by atoms with Crippen molar-refractivity contribution in [2.24, 2.45) is 0 Å². The Kier molecular flexibility index (Phi) is 0.798. The van der Waals surface area contributed by atoms with Gasteiger partial charge in [0.1, 0.15) is 0 Å². The third-order valence-electron chi connectivity index (χ3n) is 1.55. The van der Waals surface area contributed by atoms with Gasteiger partial charge < -0.3 is 0 Å². The molecule has 0 aromatic heterocycles. The van der Waals surface area contributed by atoms with E-state index in [2.05, 4.69) is 20.1 Å². The number of hydrogen-bond acceptors (Lipinski definition) is 0. The third-order valence-corrected chi connectivity index (χ3v) is 4.08. The topological polar surface area (TPSA) is 0 Å². The van der Waals surface area contributed by atoms with Crippen LogP contribution in [0.5, 0.6) is 0 Å². The van der Waals surface area contributed by atoms with E-state index < -0.39 is 0 Å². The van der Waals surface area contributed by atoms with Crippen molar-refractivity contribution in [1.82, 2.24) is 0 Å². The second-order valence-electron chi connectivity index (χ2n) is 1.81. The molecule has 0 N–H and O–H groups in total. The summed E-state index contributed by atoms with van der Waals surface area (Å²) in [5.74, 6) is 0. The minimum atomic E-state index is 0.716. The first-order chi connectivity index (χ1) is 2.73. The highest BCUT2D eigenvalue weighted by molar-refractivity contribution is 8.24. The minimum Gasteiger partial charge on any atom is -0.181 e. The molecule has 0 spiro atoms. The van der Waals surface area contributed by atoms with Crippen LogP contribution in [-0.2, 0) is 0 Å². The monoisotopic (exact) mass is 102 g/mol. The molecule has 1 heterocycles. The predicted molar refractivity (Wildman–Crippen MR) is 33.7 cm³/mol. The lowest BCUT2D eigenvalue weighted by atomic mass is 10.4. The van der Waals surface area contributed by atoms with E-state index in [1.165, 1.54) is 0 Å². The van der Waals surface area contributed by atoms with E-state index in [4.69, 9.17) is 0 Å². The summed E-state index contributed by atoms with van der Waals surface area (Å²) in [6.45, 7) is 4.53. The molecule has 0 amide bonds. The zero-order valence-electron chi connectivity index (χ0n) is 4.49. The highest BCUT2D eigenvalue weighted by atomic mass is 32.2. The second kappa shape index (κ2) is 1.09. The van der Waals surface area contributed by atoms with Crippen LogP contribution in [0.4, 0.5) is 0 Å². The fourth-order valence-corrected chi connectivity index (χ4v) is 1.87. The first kappa shape index (κ1) is 4.38. The molecule has 1 heteroatoms. The SMILES string of the molecule is CC1=S(C)C1C. The van der Waals surface area contributed by atoms with Gasteiger partial charge in [0, 0.05) is 5.25 Å². The summed E-state index contributed by atoms with van der Waals surface area (Å²) < 4.78 is 0. The van der Waals surface area contributed by atoms with Gasteiger partial charge >= 0.3 is 0 Å². The molecule has 0 aliphatic carbocycles. The van der Waals surface area contributed by atoms with Crippen molar-refractivity contribution in [2.75, 3.05) is 6.26 Å². The number of rotatable bonds is 0. The van der Waals surface area contributed by atoms with Gasteiger partial charge in [-0.25, -0.2) is 0 Å². The fraction of sp³-hybridized carbons (Fsp3) is 0.800. The van der Waals surface area contributed by atoms with Gasteiger partial charge in [-0.15, -0.1) is 0 Å². The molecule has 0 aromatic carbocycles. The van der Waals surface area contributed by atoms with Crippen LogP contribution in [0.15, 0.2) is 0 Å². The van der Waals surface area contributed by atoms with Crippen LogP contribution in [0, 0.1) is 0 Å². The largest absolute Gasteiger partial charge is 0.181 e. The van der Waals surface area contributed by atoms with Crippen LogP contribution in [0.2, 0.25) is 0 Å². The lowest BCUT2D eigenvalue weighted by Gasteiger charge is -1.73. The Balaban J connectivity index is 2.54. The molecule has 1 rings (SSSR count). The van der Waals surface area contributed by atoms with Crippen molar-refractivity contribution >= 4 is 15.3 Å². The summed E-state index contributed by atoms with van der Waals surface area (Å²) in [5, 5.41) is 0.963. The molecule has 1 aliphatic heterocycles. The molecule has 0 aromatic rings. The first-order valence-corrected chi connectivity index (χ1v) is 3.91. The Labute approximate surface area is 41.5 Å². The Bertz CT molecular complexity index is 90.5. The van der Waals surface area contributed by atoms with Crippen molar-refractivity contribution in [1.29, 1.82) is 0 Å². The molecule has 2 unspecified atom stereocenters. The molecular weight excluding hydrogens is 92.1 g/mol. The highest BCUT2D eigenvalue weighted by Gasteiger charge is 2.20. The lowest BCUT2D eigenvalue weighted by Crippen LogP contribution is -1.79. The zero-order valence-corrected chi connectivity index (χ0v) is 5.30. The second-order valence-corrected chi connectivity index (χ2v) is 4.28. The Morgan fingerprint density at radius 2 is 1.83 bits per heavy atom. The molecular formula is C5H10S. The smallest absolute Gasteiger partial charge is 0.0227 e. The zero-order chi connectivity index (χ0) is 4.73. The average molecular weight is 102 g/mol. The van der Waals surface area contributed by atoms with E-state index in [1.807, 2.05) is 0 Å². The molecule has 1 aliphatic rings. The molecule has 0 fully saturated rings. The van der Waals surface area contributed by atoms with Gasteiger partial charge in [0.2, 0.25) is 0 Å². The molecule has 36 valence electrons. The summed E-state index contributed by atoms with van der Waals surface area (Å²) in [4.78, 5) is 1.70. The van der Waals surface area contributed by atoms with Gasteiger partial charge in [0.15, 0.2) is 0 Å². The van der Waals surface area contributed by atoms with E-state index >= 15 is 0 Å². The fourth-order valence-electron chi connectivity index (χ4n) is 0.529. The molecule has 0 saturated carbocycles. The van der Waals surface area contributed by atoms with Crippen molar-refractivity contribution in [3.63, 3.8) is 0 Å². The van der Waals surface area contributed by atoms with Gasteiger partial charge in [-0.2, -0.15) is 10.5 Å². The summed E-state index contributed by atoms with van der Waals surface area (Å²) in [5.41, 5.74) is 0. The van der Waals surface area contributed by atoms with E-state index in [0.717, 1.165) is 5.25 Å². The normalized spacial score (nSPS) is 43.5. The summed E-state index contributed by atoms with van der Waals surface area (Å²) in [7, 11) is 0.716. The number of hydrogen-bond donors (Lipinski definition) is 0. The molecule has 0 bridgehead atoms. The van der Waals surface area contributed by atoms with Gasteiger partial charge in [0.25, 0.3) is 0 Å². The van der Waals surface area contributed by atoms with Crippen molar-refractivity contribution in [3.05, 3.63) is 0 Å². The third kappa shape index (κ3) is 0.419. The first-order valence-electron chi connectivity index (χ1n) is 2.21. The van der Waals surface area contributed by atoms with Gasteiger partial charge in [-0.1, -0.05) is 0 Å². The van der Waals surface area contributed by atoms with Crippen molar-refractivity contribution < 1.29 is 0 Å². The van der Waals surface area contributed by atoms with Crippen LogP contribution in [0.1, 0.15) is 13.8 Å². The van der Waals surface area contributed by atoms with E-state index in [0.29, 0.717) is 10.5 Å². The Hall–Kier alpha value is 0.220. The quantitative estimate of drug-likeness (QED) is 0.406. The highest BCUT2D eigenvalue weighted by Crippen LogP contribution is 2.35. The van der Waals surface area contributed by atoms with Crippen LogP contribution in [0.3, 0.4) is 0 Å². The standard InChI is InChI=1S/C5H10S/c1-4-5(2)6(4)3/h4H,1-3H3. The van der Waals surface area contributed by atoms with Gasteiger partial charge in [0.05, 0.1) is 0 Å². The summed E-state index contributed by atoms with van der Waals surface area (Å²) >= 11 is 0. The average Bonchev–Trinajstić information content (AvgIpc) is 1.94. The maximum Gasteiger partial charge on any atom is 0.0227 e. The minimum absolute atomic E-state index is 0.716. The summed E-state index contributed by atoms with van der Waals surface area (Å²) in [6.07, 6.45) is 2.31. The van der Waals surface area contributed by atoms with E-state index in [-0.39, 0.29) is 0 Å². The maximum absolute atomic E-state index is 2.31. The van der Waals surface area contributed by atoms with E-state index in [9.17, 15) is 0 Å². The predicted octanol–water partition coefficient (Wildman–Crippen LogP) is 1.48. The molecule has 0 radical (unpaired) electrons. The van der Waals surface area contributed by atoms with Gasteiger partial charge in [-0.05, 0) is 25.0 Å². The molecule has 0 nitrogen and oxygen atoms in total. The maximum atomic E-state index is 2.31. The van der Waals surface area contributed by atoms with Crippen molar-refractivity contribution in [3.8, 4) is 0 Å². The van der Waals surface area contributed by atoms with Crippen LogP contribution < -0.4 is 0 Å². The molecule has 0 saturated heterocycles. The van der Waals surface area contributed by atoms with Crippen LogP contribution in [0.25, 0.3) is 0 Å². The molecule has 6 heavy (non-hydrogen) atoms. The Morgan fingerprint density at radius 1 is 1.67 bits per heavy atom. The lowest BCUT2D eigenvalue weighted by molar-refractivity contribution is 1.38. The Morgan fingerprint density at radius 3 is 1.83 bits per heavy atom. The van der Waals surface area contributed by atoms with Crippen molar-refractivity contribution in [2.45, 2.75) is 19.1 Å². The van der Waals surface area contributed by atoms with Gasteiger partial charge in [-0.3, -0.25) is 0 Å². The van der Waals surface area contributed by atoms with Crippen LogP contribution in [-0.4, -0.2) is 16.4 Å². The van der Waals surface area contributed by atoms with E-state index in [1.54, 1.807) is 4.86 Å². The van der Waals surface area contributed by atoms with Crippen LogP contribution >= 0.6 is 10.5 Å².